The first-order valence-electron chi connectivity index (χ1n) is 6.92. The third kappa shape index (κ3) is 3.53. The summed E-state index contributed by atoms with van der Waals surface area (Å²) in [5.41, 5.74) is 0. The summed E-state index contributed by atoms with van der Waals surface area (Å²) in [6.07, 6.45) is 4.99. The molecule has 2 heterocycles. The van der Waals surface area contributed by atoms with Crippen LogP contribution in [0.25, 0.3) is 0 Å². The molecule has 102 valence electrons. The Morgan fingerprint density at radius 1 is 1.50 bits per heavy atom. The highest BCUT2D eigenvalue weighted by molar-refractivity contribution is 4.89. The first-order valence-corrected chi connectivity index (χ1v) is 6.92. The molecule has 0 bridgehead atoms. The Morgan fingerprint density at radius 3 is 3.00 bits per heavy atom. The average molecular weight is 253 g/mol. The molecule has 1 saturated heterocycles. The maximum Gasteiger partial charge on any atom is 0.226 e. The monoisotopic (exact) mass is 253 g/mol. The van der Waals surface area contributed by atoms with Crippen molar-refractivity contribution in [2.45, 2.75) is 64.6 Å². The van der Waals surface area contributed by atoms with E-state index in [0.29, 0.717) is 11.9 Å². The summed E-state index contributed by atoms with van der Waals surface area (Å²) < 4.78 is 5.13. The largest absolute Gasteiger partial charge is 0.393 e. The highest BCUT2D eigenvalue weighted by Gasteiger charge is 2.24. The van der Waals surface area contributed by atoms with Gasteiger partial charge in [0.1, 0.15) is 0 Å². The number of hydrogen-bond donors (Lipinski definition) is 1. The molecule has 2 atom stereocenters. The maximum atomic E-state index is 9.55. The normalized spacial score (nSPS) is 23.2. The molecule has 2 rings (SSSR count). The number of aliphatic hydroxyl groups is 1. The number of nitrogens with zero attached hydrogens (tertiary/aromatic N) is 3. The molecule has 5 nitrogen and oxygen atoms in total. The van der Waals surface area contributed by atoms with Crippen LogP contribution < -0.4 is 0 Å². The Balaban J connectivity index is 1.96. The Kier molecular flexibility index (Phi) is 4.72. The van der Waals surface area contributed by atoms with Gasteiger partial charge in [0.15, 0.2) is 5.82 Å². The van der Waals surface area contributed by atoms with Crippen molar-refractivity contribution >= 4 is 0 Å². The average Bonchev–Trinajstić information content (AvgIpc) is 2.79. The Hall–Kier alpha value is -0.940. The zero-order valence-corrected chi connectivity index (χ0v) is 11.3. The number of rotatable bonds is 5. The summed E-state index contributed by atoms with van der Waals surface area (Å²) in [7, 11) is 0. The van der Waals surface area contributed by atoms with Crippen LogP contribution in [-0.4, -0.2) is 38.8 Å². The molecule has 1 fully saturated rings. The van der Waals surface area contributed by atoms with Crippen LogP contribution >= 0.6 is 0 Å². The molecule has 0 amide bonds. The van der Waals surface area contributed by atoms with Crippen molar-refractivity contribution in [3.63, 3.8) is 0 Å². The van der Waals surface area contributed by atoms with Crippen LogP contribution in [0.4, 0.5) is 0 Å². The third-order valence-electron chi connectivity index (χ3n) is 3.52. The highest BCUT2D eigenvalue weighted by Crippen LogP contribution is 2.22. The van der Waals surface area contributed by atoms with E-state index in [1.54, 1.807) is 0 Å². The molecule has 1 aromatic heterocycles. The molecule has 0 aromatic carbocycles. The lowest BCUT2D eigenvalue weighted by Gasteiger charge is -2.35. The van der Waals surface area contributed by atoms with Gasteiger partial charge < -0.3 is 9.63 Å². The van der Waals surface area contributed by atoms with Crippen molar-refractivity contribution in [2.24, 2.45) is 0 Å². The lowest BCUT2D eigenvalue weighted by atomic mass is 9.97. The predicted molar refractivity (Wildman–Crippen MR) is 68.0 cm³/mol. The van der Waals surface area contributed by atoms with Crippen molar-refractivity contribution in [1.29, 1.82) is 0 Å². The fraction of sp³-hybridized carbons (Fsp3) is 0.846. The molecule has 0 saturated carbocycles. The molecule has 5 heteroatoms. The van der Waals surface area contributed by atoms with Crippen molar-refractivity contribution in [3.8, 4) is 0 Å². The molecule has 18 heavy (non-hydrogen) atoms. The lowest BCUT2D eigenvalue weighted by molar-refractivity contribution is 0.0794. The molecule has 0 radical (unpaired) electrons. The SMILES string of the molecule is CCc1nc(CN2CCCCC2CC(C)O)no1. The summed E-state index contributed by atoms with van der Waals surface area (Å²) >= 11 is 0. The minimum Gasteiger partial charge on any atom is -0.393 e. The Labute approximate surface area is 108 Å². The highest BCUT2D eigenvalue weighted by atomic mass is 16.5. The summed E-state index contributed by atoms with van der Waals surface area (Å²) in [5.74, 6) is 1.47. The smallest absolute Gasteiger partial charge is 0.226 e. The zero-order valence-electron chi connectivity index (χ0n) is 11.3. The van der Waals surface area contributed by atoms with Crippen molar-refractivity contribution in [3.05, 3.63) is 11.7 Å². The van der Waals surface area contributed by atoms with Crippen LogP contribution in [0.1, 0.15) is 51.2 Å². The van der Waals surface area contributed by atoms with Crippen LogP contribution in [-0.2, 0) is 13.0 Å². The van der Waals surface area contributed by atoms with Gasteiger partial charge in [-0.3, -0.25) is 4.90 Å². The number of aryl methyl sites for hydroxylation is 1. The predicted octanol–water partition coefficient (Wildman–Crippen LogP) is 1.76. The van der Waals surface area contributed by atoms with Crippen molar-refractivity contribution in [1.82, 2.24) is 15.0 Å². The number of hydrogen-bond acceptors (Lipinski definition) is 5. The van der Waals surface area contributed by atoms with E-state index in [9.17, 15) is 5.11 Å². The van der Waals surface area contributed by atoms with Gasteiger partial charge in [-0.05, 0) is 32.7 Å². The molecule has 0 aliphatic carbocycles. The second-order valence-corrected chi connectivity index (χ2v) is 5.16. The molecule has 2 unspecified atom stereocenters. The van der Waals surface area contributed by atoms with Crippen molar-refractivity contribution < 1.29 is 9.63 Å². The van der Waals surface area contributed by atoms with Crippen LogP contribution in [0, 0.1) is 0 Å². The van der Waals surface area contributed by atoms with E-state index < -0.39 is 0 Å². The second-order valence-electron chi connectivity index (χ2n) is 5.16. The van der Waals surface area contributed by atoms with E-state index in [1.165, 1.54) is 12.8 Å². The molecule has 1 aromatic rings. The number of likely N-dealkylation sites (tertiary alicyclic amines) is 1. The molecule has 1 aliphatic heterocycles. The van der Waals surface area contributed by atoms with Crippen LogP contribution in [0.5, 0.6) is 0 Å². The van der Waals surface area contributed by atoms with Gasteiger partial charge >= 0.3 is 0 Å². The third-order valence-corrected chi connectivity index (χ3v) is 3.52. The minimum absolute atomic E-state index is 0.243. The van der Waals surface area contributed by atoms with Gasteiger partial charge in [0.25, 0.3) is 0 Å². The van der Waals surface area contributed by atoms with E-state index in [4.69, 9.17) is 4.52 Å². The molecule has 1 N–H and O–H groups in total. The van der Waals surface area contributed by atoms with E-state index in [-0.39, 0.29) is 6.10 Å². The zero-order chi connectivity index (χ0) is 13.0. The number of aromatic nitrogens is 2. The Morgan fingerprint density at radius 2 is 2.33 bits per heavy atom. The fourth-order valence-corrected chi connectivity index (χ4v) is 2.61. The second kappa shape index (κ2) is 6.29. The van der Waals surface area contributed by atoms with Crippen molar-refractivity contribution in [2.75, 3.05) is 6.54 Å². The van der Waals surface area contributed by atoms with Crippen LogP contribution in [0.2, 0.25) is 0 Å². The van der Waals surface area contributed by atoms with Gasteiger partial charge in [0.2, 0.25) is 5.89 Å². The summed E-state index contributed by atoms with van der Waals surface area (Å²) in [5, 5.41) is 13.6. The number of piperidine rings is 1. The summed E-state index contributed by atoms with van der Waals surface area (Å²) in [6, 6.07) is 0.447. The molecular formula is C13H23N3O2. The Bertz CT molecular complexity index is 365. The number of aliphatic hydroxyl groups excluding tert-OH is 1. The molecule has 0 spiro atoms. The van der Waals surface area contributed by atoms with E-state index in [0.717, 1.165) is 38.2 Å². The molecule has 1 aliphatic rings. The quantitative estimate of drug-likeness (QED) is 0.866. The van der Waals surface area contributed by atoms with Gasteiger partial charge in [0, 0.05) is 12.5 Å². The topological polar surface area (TPSA) is 62.4 Å². The summed E-state index contributed by atoms with van der Waals surface area (Å²) in [4.78, 5) is 6.73. The van der Waals surface area contributed by atoms with E-state index in [2.05, 4.69) is 15.0 Å². The standard InChI is InChI=1S/C13H23N3O2/c1-3-13-14-12(15-18-13)9-16-7-5-4-6-11(16)8-10(2)17/h10-11,17H,3-9H2,1-2H3. The van der Waals surface area contributed by atoms with Gasteiger partial charge in [-0.15, -0.1) is 0 Å². The fourth-order valence-electron chi connectivity index (χ4n) is 2.61. The van der Waals surface area contributed by atoms with Gasteiger partial charge in [-0.2, -0.15) is 4.98 Å². The van der Waals surface area contributed by atoms with Crippen LogP contribution in [0.15, 0.2) is 4.52 Å². The van der Waals surface area contributed by atoms with Gasteiger partial charge in [-0.1, -0.05) is 18.5 Å². The first kappa shape index (κ1) is 13.5. The minimum atomic E-state index is -0.243. The molecular weight excluding hydrogens is 230 g/mol. The maximum absolute atomic E-state index is 9.55. The van der Waals surface area contributed by atoms with E-state index in [1.807, 2.05) is 13.8 Å². The van der Waals surface area contributed by atoms with Gasteiger partial charge in [0.05, 0.1) is 12.6 Å². The first-order chi connectivity index (χ1) is 8.69. The summed E-state index contributed by atoms with van der Waals surface area (Å²) in [6.45, 7) is 5.67. The van der Waals surface area contributed by atoms with E-state index >= 15 is 0 Å². The van der Waals surface area contributed by atoms with Gasteiger partial charge in [-0.25, -0.2) is 0 Å². The van der Waals surface area contributed by atoms with Crippen LogP contribution in [0.3, 0.4) is 0 Å². The lowest BCUT2D eigenvalue weighted by Crippen LogP contribution is -2.40.